The van der Waals surface area contributed by atoms with Crippen LogP contribution in [0.15, 0.2) is 83.9 Å². The highest BCUT2D eigenvalue weighted by Crippen LogP contribution is 2.25. The summed E-state index contributed by atoms with van der Waals surface area (Å²) < 4.78 is 34.4. The van der Waals surface area contributed by atoms with Crippen LogP contribution in [0.1, 0.15) is 15.9 Å². The molecule has 0 atom stereocenters. The summed E-state index contributed by atoms with van der Waals surface area (Å²) in [5.74, 6) is -0.247. The smallest absolute Gasteiger partial charge is 0.265 e. The first-order chi connectivity index (χ1) is 14.9. The van der Waals surface area contributed by atoms with Gasteiger partial charge in [0.2, 0.25) is 0 Å². The number of carbonyl (C=O) groups is 1. The zero-order valence-electron chi connectivity index (χ0n) is 16.8. The van der Waals surface area contributed by atoms with Gasteiger partial charge in [-0.2, -0.15) is 0 Å². The Bertz CT molecular complexity index is 1360. The van der Waals surface area contributed by atoms with Crippen LogP contribution in [0.4, 0.5) is 5.69 Å². The van der Waals surface area contributed by atoms with Crippen molar-refractivity contribution >= 4 is 32.5 Å². The van der Waals surface area contributed by atoms with Crippen molar-refractivity contribution in [3.8, 4) is 5.75 Å². The van der Waals surface area contributed by atoms with Gasteiger partial charge in [-0.1, -0.05) is 30.3 Å². The molecule has 8 heteroatoms. The molecule has 0 aliphatic carbocycles. The number of ether oxygens (including phenoxy) is 1. The zero-order valence-corrected chi connectivity index (χ0v) is 17.6. The van der Waals surface area contributed by atoms with Gasteiger partial charge in [-0.15, -0.1) is 0 Å². The van der Waals surface area contributed by atoms with Crippen LogP contribution in [0.3, 0.4) is 0 Å². The van der Waals surface area contributed by atoms with Gasteiger partial charge >= 0.3 is 0 Å². The molecule has 0 bridgehead atoms. The number of carbonyl (C=O) groups excluding carboxylic acids is 1. The number of hydrogen-bond donors (Lipinski definition) is 2. The predicted octanol–water partition coefficient (Wildman–Crippen LogP) is 3.40. The number of aromatic nitrogens is 1. The van der Waals surface area contributed by atoms with E-state index in [1.54, 1.807) is 30.3 Å². The molecular weight excluding hydrogens is 414 g/mol. The Kier molecular flexibility index (Phi) is 5.39. The monoisotopic (exact) mass is 435 g/mol. The first-order valence-corrected chi connectivity index (χ1v) is 11.0. The van der Waals surface area contributed by atoms with E-state index >= 15 is 0 Å². The van der Waals surface area contributed by atoms with Crippen LogP contribution >= 0.6 is 0 Å². The molecular formula is C23H21N3O4S. The third kappa shape index (κ3) is 4.24. The molecule has 31 heavy (non-hydrogen) atoms. The molecule has 0 fully saturated rings. The molecule has 4 rings (SSSR count). The van der Waals surface area contributed by atoms with E-state index in [0.29, 0.717) is 18.0 Å². The summed E-state index contributed by atoms with van der Waals surface area (Å²) in [6, 6.07) is 20.3. The Morgan fingerprint density at radius 2 is 1.81 bits per heavy atom. The van der Waals surface area contributed by atoms with Crippen molar-refractivity contribution in [2.75, 3.05) is 12.8 Å². The molecule has 0 saturated heterocycles. The second kappa shape index (κ2) is 8.16. The Morgan fingerprint density at radius 1 is 1.03 bits per heavy atom. The fourth-order valence-corrected chi connectivity index (χ4v) is 4.37. The third-order valence-electron chi connectivity index (χ3n) is 4.97. The van der Waals surface area contributed by atoms with Crippen molar-refractivity contribution in [2.45, 2.75) is 11.4 Å². The van der Waals surface area contributed by atoms with Gasteiger partial charge in [-0.25, -0.2) is 13.1 Å². The minimum Gasteiger partial charge on any atom is -0.496 e. The molecule has 3 aromatic carbocycles. The topological polar surface area (TPSA) is 103 Å². The predicted molar refractivity (Wildman–Crippen MR) is 120 cm³/mol. The van der Waals surface area contributed by atoms with E-state index in [9.17, 15) is 13.2 Å². The Morgan fingerprint density at radius 3 is 2.55 bits per heavy atom. The van der Waals surface area contributed by atoms with E-state index in [1.165, 1.54) is 25.3 Å². The maximum atomic E-state index is 12.6. The highest BCUT2D eigenvalue weighted by molar-refractivity contribution is 7.90. The van der Waals surface area contributed by atoms with Crippen LogP contribution in [0.25, 0.3) is 10.9 Å². The second-order valence-electron chi connectivity index (χ2n) is 7.04. The molecule has 0 radical (unpaired) electrons. The number of anilines is 1. The lowest BCUT2D eigenvalue weighted by molar-refractivity contribution is 0.0981. The number of sulfonamides is 1. The molecule has 158 valence electrons. The third-order valence-corrected chi connectivity index (χ3v) is 6.32. The van der Waals surface area contributed by atoms with Gasteiger partial charge < -0.3 is 15.0 Å². The molecule has 4 aromatic rings. The number of fused-ring (bicyclic) bond motifs is 1. The number of rotatable bonds is 6. The Labute approximate surface area is 180 Å². The van der Waals surface area contributed by atoms with Gasteiger partial charge in [0, 0.05) is 23.0 Å². The summed E-state index contributed by atoms with van der Waals surface area (Å²) in [5.41, 5.74) is 8.59. The Hall–Kier alpha value is -3.78. The van der Waals surface area contributed by atoms with Crippen molar-refractivity contribution in [3.05, 3.63) is 90.1 Å². The number of hydrogen-bond acceptors (Lipinski definition) is 5. The fraction of sp³-hybridized carbons (Fsp3) is 0.0870. The van der Waals surface area contributed by atoms with Crippen LogP contribution in [-0.4, -0.2) is 26.0 Å². The molecule has 3 N–H and O–H groups in total. The van der Waals surface area contributed by atoms with Crippen LogP contribution in [-0.2, 0) is 16.6 Å². The van der Waals surface area contributed by atoms with Crippen LogP contribution in [0.2, 0.25) is 0 Å². The average molecular weight is 436 g/mol. The summed E-state index contributed by atoms with van der Waals surface area (Å²) in [6.07, 6.45) is 1.95. The highest BCUT2D eigenvalue weighted by atomic mass is 32.2. The summed E-state index contributed by atoms with van der Waals surface area (Å²) in [6.45, 7) is 0.500. The van der Waals surface area contributed by atoms with E-state index in [4.69, 9.17) is 10.5 Å². The zero-order chi connectivity index (χ0) is 22.0. The van der Waals surface area contributed by atoms with E-state index in [0.717, 1.165) is 16.5 Å². The Balaban J connectivity index is 1.59. The molecule has 0 aliphatic rings. The lowest BCUT2D eigenvalue weighted by atomic mass is 10.1. The lowest BCUT2D eigenvalue weighted by Crippen LogP contribution is -2.30. The highest BCUT2D eigenvalue weighted by Gasteiger charge is 2.19. The van der Waals surface area contributed by atoms with E-state index in [2.05, 4.69) is 4.72 Å². The minimum atomic E-state index is -3.96. The summed E-state index contributed by atoms with van der Waals surface area (Å²) in [4.78, 5) is 12.6. The van der Waals surface area contributed by atoms with E-state index in [-0.39, 0.29) is 10.5 Å². The molecule has 1 aromatic heterocycles. The molecule has 1 heterocycles. The van der Waals surface area contributed by atoms with Gasteiger partial charge in [0.15, 0.2) is 0 Å². The molecule has 7 nitrogen and oxygen atoms in total. The second-order valence-corrected chi connectivity index (χ2v) is 8.72. The molecule has 0 aliphatic heterocycles. The number of amides is 1. The number of methoxy groups -OCH3 is 1. The minimum absolute atomic E-state index is 0.0192. The van der Waals surface area contributed by atoms with Gasteiger partial charge in [-0.05, 0) is 47.9 Å². The number of nitrogens with two attached hydrogens (primary N) is 1. The summed E-state index contributed by atoms with van der Waals surface area (Å²) in [5, 5.41) is 1.07. The van der Waals surface area contributed by atoms with E-state index in [1.807, 2.05) is 35.0 Å². The van der Waals surface area contributed by atoms with Crippen LogP contribution in [0.5, 0.6) is 5.75 Å². The summed E-state index contributed by atoms with van der Waals surface area (Å²) in [7, 11) is -2.46. The summed E-state index contributed by atoms with van der Waals surface area (Å²) >= 11 is 0. The molecule has 0 spiro atoms. The van der Waals surface area contributed by atoms with Gasteiger partial charge in [-0.3, -0.25) is 4.79 Å². The van der Waals surface area contributed by atoms with Crippen LogP contribution < -0.4 is 15.2 Å². The van der Waals surface area contributed by atoms with Crippen LogP contribution in [0, 0.1) is 0 Å². The SMILES string of the molecule is COc1cc(C(=O)NS(=O)(=O)c2ccccc2)ccc1Cn1ccc2ccc(N)cc21. The van der Waals surface area contributed by atoms with Crippen molar-refractivity contribution in [1.29, 1.82) is 0 Å². The van der Waals surface area contributed by atoms with Crippen molar-refractivity contribution < 1.29 is 17.9 Å². The van der Waals surface area contributed by atoms with Gasteiger partial charge in [0.25, 0.3) is 15.9 Å². The first-order valence-electron chi connectivity index (χ1n) is 9.51. The van der Waals surface area contributed by atoms with Crippen molar-refractivity contribution in [3.63, 3.8) is 0 Å². The lowest BCUT2D eigenvalue weighted by Gasteiger charge is -2.13. The quantitative estimate of drug-likeness (QED) is 0.452. The number of nitrogens with zero attached hydrogens (tertiary/aromatic N) is 1. The standard InChI is InChI=1S/C23H21N3O4S/c1-30-22-13-17(23(27)25-31(28,29)20-5-3-2-4-6-20)7-8-18(22)15-26-12-11-16-9-10-19(24)14-21(16)26/h2-14H,15,24H2,1H3,(H,25,27). The van der Waals surface area contributed by atoms with Gasteiger partial charge in [0.1, 0.15) is 5.75 Å². The largest absolute Gasteiger partial charge is 0.496 e. The van der Waals surface area contributed by atoms with Crippen molar-refractivity contribution in [1.82, 2.24) is 9.29 Å². The number of nitrogens with one attached hydrogen (secondary N) is 1. The first kappa shape index (κ1) is 20.5. The average Bonchev–Trinajstić information content (AvgIpc) is 3.16. The normalized spacial score (nSPS) is 11.4. The number of benzene rings is 3. The molecule has 1 amide bonds. The molecule has 0 unspecified atom stereocenters. The maximum absolute atomic E-state index is 12.6. The molecule has 0 saturated carbocycles. The fourth-order valence-electron chi connectivity index (χ4n) is 3.38. The van der Waals surface area contributed by atoms with Crippen molar-refractivity contribution in [2.24, 2.45) is 0 Å². The van der Waals surface area contributed by atoms with E-state index < -0.39 is 15.9 Å². The van der Waals surface area contributed by atoms with Gasteiger partial charge in [0.05, 0.1) is 24.1 Å². The number of nitrogen functional groups attached to an aromatic ring is 1. The maximum Gasteiger partial charge on any atom is 0.265 e.